The maximum absolute atomic E-state index is 12.9. The van der Waals surface area contributed by atoms with E-state index in [0.717, 1.165) is 44.3 Å². The van der Waals surface area contributed by atoms with Gasteiger partial charge in [-0.1, -0.05) is 25.7 Å². The zero-order chi connectivity index (χ0) is 21.7. The van der Waals surface area contributed by atoms with Crippen LogP contribution in [0.1, 0.15) is 57.4 Å². The molecular weight excluding hydrogens is 414 g/mol. The van der Waals surface area contributed by atoms with Crippen molar-refractivity contribution in [2.24, 2.45) is 0 Å². The largest absolute Gasteiger partial charge is 0.376 e. The fourth-order valence-electron chi connectivity index (χ4n) is 4.40. The first-order chi connectivity index (χ1) is 15.0. The molecule has 0 spiro atoms. The van der Waals surface area contributed by atoms with Gasteiger partial charge in [-0.25, -0.2) is 13.1 Å². The molecule has 0 radical (unpaired) electrons. The highest BCUT2D eigenvalue weighted by Crippen LogP contribution is 2.31. The lowest BCUT2D eigenvalue weighted by atomic mass is 10.2. The molecule has 2 heterocycles. The summed E-state index contributed by atoms with van der Waals surface area (Å²) in [6.07, 6.45) is 10.3. The van der Waals surface area contributed by atoms with E-state index in [4.69, 9.17) is 0 Å². The molecule has 1 saturated heterocycles. The molecule has 2 N–H and O–H groups in total. The van der Waals surface area contributed by atoms with Gasteiger partial charge < -0.3 is 10.6 Å². The number of carbonyl (C=O) groups is 1. The fraction of sp³-hybridized carbons (Fsp3) is 0.545. The number of carbonyl (C=O) groups excluding carboxylic acids is 1. The van der Waals surface area contributed by atoms with Gasteiger partial charge in [-0.3, -0.25) is 4.79 Å². The molecule has 9 heteroatoms. The van der Waals surface area contributed by atoms with Gasteiger partial charge in [-0.2, -0.15) is 9.40 Å². The lowest BCUT2D eigenvalue weighted by Crippen LogP contribution is -2.31. The Kier molecular flexibility index (Phi) is 6.92. The molecular formula is C22H31N5O3S. The summed E-state index contributed by atoms with van der Waals surface area (Å²) in [4.78, 5) is 12.7. The smallest absolute Gasteiger partial charge is 0.244 e. The first-order valence-corrected chi connectivity index (χ1v) is 12.7. The standard InChI is InChI=1S/C22H31N5O3S/c28-22(25-21-13-14-24-27(21)19-7-3-4-8-19)17-23-18-9-11-20(12-10-18)31(29,30)26-15-5-1-2-6-16-26/h9-14,19,23H,1-8,15-17H2,(H,25,28). The van der Waals surface area contributed by atoms with E-state index < -0.39 is 10.0 Å². The van der Waals surface area contributed by atoms with Crippen molar-refractivity contribution in [3.63, 3.8) is 0 Å². The van der Waals surface area contributed by atoms with Crippen molar-refractivity contribution in [1.29, 1.82) is 0 Å². The van der Waals surface area contributed by atoms with E-state index in [1.807, 2.05) is 10.7 Å². The van der Waals surface area contributed by atoms with Crippen molar-refractivity contribution in [2.75, 3.05) is 30.3 Å². The molecule has 31 heavy (non-hydrogen) atoms. The maximum atomic E-state index is 12.9. The highest BCUT2D eigenvalue weighted by Gasteiger charge is 2.25. The summed E-state index contributed by atoms with van der Waals surface area (Å²) in [5, 5.41) is 10.3. The maximum Gasteiger partial charge on any atom is 0.244 e. The van der Waals surface area contributed by atoms with Crippen molar-refractivity contribution >= 4 is 27.4 Å². The van der Waals surface area contributed by atoms with Crippen LogP contribution in [0, 0.1) is 0 Å². The number of aromatic nitrogens is 2. The van der Waals surface area contributed by atoms with E-state index in [1.54, 1.807) is 34.8 Å². The van der Waals surface area contributed by atoms with Gasteiger partial charge >= 0.3 is 0 Å². The minimum absolute atomic E-state index is 0.0913. The van der Waals surface area contributed by atoms with Gasteiger partial charge in [0.05, 0.1) is 23.7 Å². The van der Waals surface area contributed by atoms with Crippen LogP contribution in [0.25, 0.3) is 0 Å². The Hall–Kier alpha value is -2.39. The van der Waals surface area contributed by atoms with Crippen molar-refractivity contribution < 1.29 is 13.2 Å². The number of hydrogen-bond acceptors (Lipinski definition) is 5. The Bertz CT molecular complexity index is 973. The third kappa shape index (κ3) is 5.27. The first-order valence-electron chi connectivity index (χ1n) is 11.2. The van der Waals surface area contributed by atoms with Crippen molar-refractivity contribution in [3.05, 3.63) is 36.5 Å². The van der Waals surface area contributed by atoms with Crippen molar-refractivity contribution in [1.82, 2.24) is 14.1 Å². The minimum atomic E-state index is -3.46. The molecule has 2 aromatic rings. The number of hydrogen-bond donors (Lipinski definition) is 2. The van der Waals surface area contributed by atoms with Crippen LogP contribution in [-0.4, -0.2) is 48.0 Å². The summed E-state index contributed by atoms with van der Waals surface area (Å²) in [5.74, 6) is 0.554. The number of amides is 1. The number of nitrogens with one attached hydrogen (secondary N) is 2. The summed E-state index contributed by atoms with van der Waals surface area (Å²) in [6, 6.07) is 8.81. The molecule has 0 unspecified atom stereocenters. The predicted octanol–water partition coefficient (Wildman–Crippen LogP) is 3.61. The molecule has 8 nitrogen and oxygen atoms in total. The van der Waals surface area contributed by atoms with Crippen LogP contribution in [0.15, 0.2) is 41.4 Å². The zero-order valence-electron chi connectivity index (χ0n) is 17.8. The summed E-state index contributed by atoms with van der Waals surface area (Å²) in [6.45, 7) is 1.26. The second-order valence-corrected chi connectivity index (χ2v) is 10.3. The van der Waals surface area contributed by atoms with Gasteiger partial charge in [0.1, 0.15) is 5.82 Å². The molecule has 1 aromatic heterocycles. The Morgan fingerprint density at radius 3 is 2.32 bits per heavy atom. The Morgan fingerprint density at radius 1 is 0.968 bits per heavy atom. The van der Waals surface area contributed by atoms with E-state index in [9.17, 15) is 13.2 Å². The quantitative estimate of drug-likeness (QED) is 0.679. The van der Waals surface area contributed by atoms with Crippen LogP contribution in [0.2, 0.25) is 0 Å². The van der Waals surface area contributed by atoms with Crippen LogP contribution in [-0.2, 0) is 14.8 Å². The molecule has 2 aliphatic rings. The van der Waals surface area contributed by atoms with E-state index in [0.29, 0.717) is 29.7 Å². The third-order valence-electron chi connectivity index (χ3n) is 6.12. The number of anilines is 2. The highest BCUT2D eigenvalue weighted by atomic mass is 32.2. The molecule has 0 bridgehead atoms. The SMILES string of the molecule is O=C(CNc1ccc(S(=O)(=O)N2CCCCCC2)cc1)Nc1ccnn1C1CCCC1. The summed E-state index contributed by atoms with van der Waals surface area (Å²) in [7, 11) is -3.46. The number of nitrogens with zero attached hydrogens (tertiary/aromatic N) is 3. The summed E-state index contributed by atoms with van der Waals surface area (Å²) >= 11 is 0. The van der Waals surface area contributed by atoms with Gasteiger partial charge in [0.2, 0.25) is 15.9 Å². The number of sulfonamides is 1. The topological polar surface area (TPSA) is 96.3 Å². The summed E-state index contributed by atoms with van der Waals surface area (Å²) in [5.41, 5.74) is 0.703. The lowest BCUT2D eigenvalue weighted by molar-refractivity contribution is -0.114. The van der Waals surface area contributed by atoms with Crippen LogP contribution in [0.3, 0.4) is 0 Å². The fourth-order valence-corrected chi connectivity index (χ4v) is 5.92. The van der Waals surface area contributed by atoms with Gasteiger partial charge in [0, 0.05) is 24.8 Å². The van der Waals surface area contributed by atoms with E-state index >= 15 is 0 Å². The second kappa shape index (κ2) is 9.82. The van der Waals surface area contributed by atoms with Crippen molar-refractivity contribution in [3.8, 4) is 0 Å². The summed E-state index contributed by atoms with van der Waals surface area (Å²) < 4.78 is 29.2. The average molecular weight is 446 g/mol. The number of benzene rings is 1. The third-order valence-corrected chi connectivity index (χ3v) is 8.03. The molecule has 1 aliphatic carbocycles. The lowest BCUT2D eigenvalue weighted by Gasteiger charge is -2.20. The van der Waals surface area contributed by atoms with Gasteiger partial charge in [-0.15, -0.1) is 0 Å². The molecule has 1 aliphatic heterocycles. The van der Waals surface area contributed by atoms with Crippen molar-refractivity contribution in [2.45, 2.75) is 62.3 Å². The van der Waals surface area contributed by atoms with Gasteiger partial charge in [0.25, 0.3) is 0 Å². The van der Waals surface area contributed by atoms with Crippen LogP contribution >= 0.6 is 0 Å². The molecule has 1 aromatic carbocycles. The monoisotopic (exact) mass is 445 g/mol. The molecule has 0 atom stereocenters. The van der Waals surface area contributed by atoms with Gasteiger partial charge in [0.15, 0.2) is 0 Å². The highest BCUT2D eigenvalue weighted by molar-refractivity contribution is 7.89. The molecule has 2 fully saturated rings. The average Bonchev–Trinajstić information content (AvgIpc) is 3.38. The van der Waals surface area contributed by atoms with Crippen LogP contribution in [0.4, 0.5) is 11.5 Å². The molecule has 4 rings (SSSR count). The van der Waals surface area contributed by atoms with Crippen LogP contribution in [0.5, 0.6) is 0 Å². The minimum Gasteiger partial charge on any atom is -0.376 e. The number of rotatable bonds is 7. The van der Waals surface area contributed by atoms with E-state index in [-0.39, 0.29) is 12.5 Å². The zero-order valence-corrected chi connectivity index (χ0v) is 18.6. The predicted molar refractivity (Wildman–Crippen MR) is 121 cm³/mol. The molecule has 1 amide bonds. The second-order valence-electron chi connectivity index (χ2n) is 8.34. The van der Waals surface area contributed by atoms with Gasteiger partial charge in [-0.05, 0) is 49.9 Å². The Labute approximate surface area is 184 Å². The van der Waals surface area contributed by atoms with E-state index in [2.05, 4.69) is 15.7 Å². The normalized spacial score (nSPS) is 18.6. The Balaban J connectivity index is 1.32. The first kappa shape index (κ1) is 21.8. The molecule has 168 valence electrons. The van der Waals surface area contributed by atoms with E-state index in [1.165, 1.54) is 12.8 Å². The Morgan fingerprint density at radius 2 is 1.65 bits per heavy atom. The molecule has 1 saturated carbocycles. The van der Waals surface area contributed by atoms with Crippen LogP contribution < -0.4 is 10.6 Å².